The Balaban J connectivity index is 2.14. The zero-order valence-electron chi connectivity index (χ0n) is 15.3. The lowest BCUT2D eigenvalue weighted by atomic mass is 10.1. The summed E-state index contributed by atoms with van der Waals surface area (Å²) in [4.78, 5) is 23.3. The van der Waals surface area contributed by atoms with Gasteiger partial charge in [-0.3, -0.25) is 9.59 Å². The van der Waals surface area contributed by atoms with E-state index in [-0.39, 0.29) is 18.2 Å². The van der Waals surface area contributed by atoms with Crippen LogP contribution in [-0.4, -0.2) is 29.7 Å². The van der Waals surface area contributed by atoms with E-state index >= 15 is 0 Å². The number of rotatable bonds is 12. The molecule has 0 saturated heterocycles. The summed E-state index contributed by atoms with van der Waals surface area (Å²) in [6, 6.07) is 4.90. The third-order valence-electron chi connectivity index (χ3n) is 3.84. The fourth-order valence-electron chi connectivity index (χ4n) is 2.35. The smallest absolute Gasteiger partial charge is 0.259 e. The van der Waals surface area contributed by atoms with Crippen LogP contribution < -0.4 is 10.7 Å². The second-order valence-corrected chi connectivity index (χ2v) is 7.06. The summed E-state index contributed by atoms with van der Waals surface area (Å²) in [6.45, 7) is 2.08. The standard InChI is InChI=1S/C19H28BrN3O3/c1-2-3-4-5-6-7-8-9-18(25)21-14-19(26)23-22-13-15-12-16(20)10-11-17(15)24/h10-13,24H,2-9,14H2,1H3,(H,21,25)(H,23,26). The number of hydrogen-bond acceptors (Lipinski definition) is 4. The molecule has 26 heavy (non-hydrogen) atoms. The second kappa shape index (κ2) is 13.3. The predicted octanol–water partition coefficient (Wildman–Crippen LogP) is 3.86. The number of nitrogens with one attached hydrogen (secondary N) is 2. The fourth-order valence-corrected chi connectivity index (χ4v) is 2.73. The largest absolute Gasteiger partial charge is 0.507 e. The average Bonchev–Trinajstić information content (AvgIpc) is 2.62. The molecule has 1 rings (SSSR count). The van der Waals surface area contributed by atoms with Crippen molar-refractivity contribution < 1.29 is 14.7 Å². The minimum Gasteiger partial charge on any atom is -0.507 e. The first-order chi connectivity index (χ1) is 12.5. The zero-order chi connectivity index (χ0) is 19.2. The van der Waals surface area contributed by atoms with Gasteiger partial charge in [0.2, 0.25) is 5.91 Å². The van der Waals surface area contributed by atoms with E-state index in [1.54, 1.807) is 12.1 Å². The summed E-state index contributed by atoms with van der Waals surface area (Å²) in [6.07, 6.45) is 9.84. The van der Waals surface area contributed by atoms with Gasteiger partial charge in [0.1, 0.15) is 5.75 Å². The molecule has 7 heteroatoms. The van der Waals surface area contributed by atoms with Gasteiger partial charge in [0.05, 0.1) is 12.8 Å². The molecule has 3 N–H and O–H groups in total. The van der Waals surface area contributed by atoms with Crippen molar-refractivity contribution in [3.8, 4) is 5.75 Å². The van der Waals surface area contributed by atoms with E-state index in [1.165, 1.54) is 38.0 Å². The van der Waals surface area contributed by atoms with Gasteiger partial charge < -0.3 is 10.4 Å². The van der Waals surface area contributed by atoms with Crippen LogP contribution in [0.2, 0.25) is 0 Å². The normalized spacial score (nSPS) is 10.8. The van der Waals surface area contributed by atoms with E-state index in [0.717, 1.165) is 23.7 Å². The van der Waals surface area contributed by atoms with Crippen LogP contribution in [0.5, 0.6) is 5.75 Å². The first-order valence-electron chi connectivity index (χ1n) is 9.10. The fraction of sp³-hybridized carbons (Fsp3) is 0.526. The van der Waals surface area contributed by atoms with Crippen molar-refractivity contribution in [2.45, 2.75) is 58.3 Å². The van der Waals surface area contributed by atoms with E-state index in [1.807, 2.05) is 0 Å². The second-order valence-electron chi connectivity index (χ2n) is 6.14. The van der Waals surface area contributed by atoms with E-state index < -0.39 is 5.91 Å². The minimum atomic E-state index is -0.413. The summed E-state index contributed by atoms with van der Waals surface area (Å²) in [7, 11) is 0. The van der Waals surface area contributed by atoms with Gasteiger partial charge >= 0.3 is 0 Å². The molecule has 0 atom stereocenters. The molecule has 0 spiro atoms. The van der Waals surface area contributed by atoms with E-state index in [0.29, 0.717) is 12.0 Å². The molecule has 0 saturated carbocycles. The number of hydrogen-bond donors (Lipinski definition) is 3. The molecule has 0 unspecified atom stereocenters. The number of unbranched alkanes of at least 4 members (excludes halogenated alkanes) is 6. The van der Waals surface area contributed by atoms with Crippen LogP contribution in [0.15, 0.2) is 27.8 Å². The lowest BCUT2D eigenvalue weighted by molar-refractivity contribution is -0.126. The van der Waals surface area contributed by atoms with Crippen molar-refractivity contribution in [2.24, 2.45) is 5.10 Å². The summed E-state index contributed by atoms with van der Waals surface area (Å²) < 4.78 is 0.792. The van der Waals surface area contributed by atoms with Crippen LogP contribution in [0.4, 0.5) is 0 Å². The Morgan fingerprint density at radius 3 is 2.54 bits per heavy atom. The number of nitrogens with zero attached hydrogens (tertiary/aromatic N) is 1. The lowest BCUT2D eigenvalue weighted by Gasteiger charge is -2.05. The highest BCUT2D eigenvalue weighted by Crippen LogP contribution is 2.19. The quantitative estimate of drug-likeness (QED) is 0.269. The minimum absolute atomic E-state index is 0.0641. The highest BCUT2D eigenvalue weighted by molar-refractivity contribution is 9.10. The van der Waals surface area contributed by atoms with E-state index in [9.17, 15) is 14.7 Å². The van der Waals surface area contributed by atoms with Gasteiger partial charge in [-0.1, -0.05) is 61.4 Å². The number of amides is 2. The molecular formula is C19H28BrN3O3. The number of halogens is 1. The number of hydrazone groups is 1. The van der Waals surface area contributed by atoms with Gasteiger partial charge in [-0.05, 0) is 24.6 Å². The molecule has 1 aromatic carbocycles. The first-order valence-corrected chi connectivity index (χ1v) is 9.89. The zero-order valence-corrected chi connectivity index (χ0v) is 16.8. The van der Waals surface area contributed by atoms with Gasteiger partial charge in [-0.25, -0.2) is 5.43 Å². The van der Waals surface area contributed by atoms with Crippen LogP contribution >= 0.6 is 15.9 Å². The third-order valence-corrected chi connectivity index (χ3v) is 4.33. The van der Waals surface area contributed by atoms with Gasteiger partial charge in [-0.2, -0.15) is 5.10 Å². The molecule has 1 aromatic rings. The molecule has 0 aliphatic rings. The Morgan fingerprint density at radius 1 is 1.12 bits per heavy atom. The molecule has 2 amide bonds. The molecule has 144 valence electrons. The Labute approximate surface area is 163 Å². The van der Waals surface area contributed by atoms with E-state index in [4.69, 9.17) is 0 Å². The summed E-state index contributed by atoms with van der Waals surface area (Å²) >= 11 is 3.29. The van der Waals surface area contributed by atoms with Crippen molar-refractivity contribution in [2.75, 3.05) is 6.54 Å². The number of aromatic hydroxyl groups is 1. The maximum absolute atomic E-state index is 11.7. The molecular weight excluding hydrogens is 398 g/mol. The third kappa shape index (κ3) is 10.2. The van der Waals surface area contributed by atoms with Crippen molar-refractivity contribution in [1.82, 2.24) is 10.7 Å². The average molecular weight is 426 g/mol. The highest BCUT2D eigenvalue weighted by atomic mass is 79.9. The van der Waals surface area contributed by atoms with Crippen LogP contribution in [0.1, 0.15) is 63.9 Å². The number of carbonyl (C=O) groups excluding carboxylic acids is 2. The SMILES string of the molecule is CCCCCCCCCC(=O)NCC(=O)NN=Cc1cc(Br)ccc1O. The lowest BCUT2D eigenvalue weighted by Crippen LogP contribution is -2.34. The number of phenols is 1. The predicted molar refractivity (Wildman–Crippen MR) is 107 cm³/mol. The summed E-state index contributed by atoms with van der Waals surface area (Å²) in [5.41, 5.74) is 2.79. The number of carbonyl (C=O) groups is 2. The van der Waals surface area contributed by atoms with Crippen molar-refractivity contribution in [3.05, 3.63) is 28.2 Å². The van der Waals surface area contributed by atoms with Crippen molar-refractivity contribution >= 4 is 34.0 Å². The molecule has 0 aromatic heterocycles. The van der Waals surface area contributed by atoms with Crippen LogP contribution in [0.3, 0.4) is 0 Å². The Hall–Kier alpha value is -1.89. The molecule has 0 aliphatic carbocycles. The molecule has 0 bridgehead atoms. The molecule has 0 aliphatic heterocycles. The van der Waals surface area contributed by atoms with Gasteiger partial charge in [-0.15, -0.1) is 0 Å². The summed E-state index contributed by atoms with van der Waals surface area (Å²) in [5, 5.41) is 16.0. The Kier molecular flexibility index (Phi) is 11.4. The maximum Gasteiger partial charge on any atom is 0.259 e. The van der Waals surface area contributed by atoms with Gasteiger partial charge in [0.15, 0.2) is 0 Å². The molecule has 0 heterocycles. The van der Waals surface area contributed by atoms with Crippen molar-refractivity contribution in [3.63, 3.8) is 0 Å². The van der Waals surface area contributed by atoms with Gasteiger partial charge in [0.25, 0.3) is 5.91 Å². The van der Waals surface area contributed by atoms with Crippen LogP contribution in [0, 0.1) is 0 Å². The van der Waals surface area contributed by atoms with Crippen LogP contribution in [-0.2, 0) is 9.59 Å². The highest BCUT2D eigenvalue weighted by Gasteiger charge is 2.05. The first kappa shape index (κ1) is 22.2. The summed E-state index contributed by atoms with van der Waals surface area (Å²) in [5.74, 6) is -0.472. The van der Waals surface area contributed by atoms with Gasteiger partial charge in [0, 0.05) is 16.5 Å². The molecule has 0 fully saturated rings. The van der Waals surface area contributed by atoms with Crippen LogP contribution in [0.25, 0.3) is 0 Å². The monoisotopic (exact) mass is 425 g/mol. The molecule has 0 radical (unpaired) electrons. The Bertz CT molecular complexity index is 606. The maximum atomic E-state index is 11.7. The number of phenolic OH excluding ortho intramolecular Hbond substituents is 1. The van der Waals surface area contributed by atoms with Crippen molar-refractivity contribution in [1.29, 1.82) is 0 Å². The topological polar surface area (TPSA) is 90.8 Å². The molecule has 6 nitrogen and oxygen atoms in total. The van der Waals surface area contributed by atoms with E-state index in [2.05, 4.69) is 38.7 Å². The number of benzene rings is 1. The Morgan fingerprint density at radius 2 is 1.81 bits per heavy atom.